The molecule has 2 aromatic rings. The number of alkyl halides is 2. The van der Waals surface area contributed by atoms with Crippen LogP contribution in [0.2, 0.25) is 0 Å². The summed E-state index contributed by atoms with van der Waals surface area (Å²) in [6.07, 6.45) is -0.618. The molecular formula is C18H21F2N3O2. The fourth-order valence-electron chi connectivity index (χ4n) is 3.23. The van der Waals surface area contributed by atoms with Crippen molar-refractivity contribution in [3.05, 3.63) is 42.1 Å². The van der Waals surface area contributed by atoms with Gasteiger partial charge in [0.25, 0.3) is 5.92 Å². The van der Waals surface area contributed by atoms with Crippen LogP contribution in [0, 0.1) is 5.92 Å². The van der Waals surface area contributed by atoms with Gasteiger partial charge in [-0.2, -0.15) is 5.10 Å². The number of halogens is 2. The van der Waals surface area contributed by atoms with Crippen molar-refractivity contribution in [3.63, 3.8) is 0 Å². The van der Waals surface area contributed by atoms with Crippen LogP contribution in [0.15, 0.2) is 36.4 Å². The molecule has 25 heavy (non-hydrogen) atoms. The Bertz CT molecular complexity index is 718. The number of benzene rings is 1. The Hall–Kier alpha value is -2.28. The number of hydrogen-bond donors (Lipinski definition) is 2. The van der Waals surface area contributed by atoms with Gasteiger partial charge in [-0.05, 0) is 19.0 Å². The van der Waals surface area contributed by atoms with E-state index in [1.165, 1.54) is 0 Å². The number of likely N-dealkylation sites (tertiary alicyclic amines) is 1. The smallest absolute Gasteiger partial charge is 0.303 e. The van der Waals surface area contributed by atoms with Crippen LogP contribution in [-0.4, -0.2) is 45.2 Å². The molecule has 0 spiro atoms. The van der Waals surface area contributed by atoms with Crippen LogP contribution in [0.5, 0.6) is 0 Å². The lowest BCUT2D eigenvalue weighted by Gasteiger charge is -2.22. The van der Waals surface area contributed by atoms with Crippen molar-refractivity contribution in [1.82, 2.24) is 15.1 Å². The van der Waals surface area contributed by atoms with Crippen molar-refractivity contribution in [3.8, 4) is 11.3 Å². The van der Waals surface area contributed by atoms with E-state index in [2.05, 4.69) is 10.2 Å². The molecule has 7 heteroatoms. The molecule has 2 heterocycles. The number of carbonyl (C=O) groups is 1. The molecule has 0 radical (unpaired) electrons. The topological polar surface area (TPSA) is 69.2 Å². The predicted molar refractivity (Wildman–Crippen MR) is 89.2 cm³/mol. The quantitative estimate of drug-likeness (QED) is 0.868. The standard InChI is InChI=1S/C18H21F2N3O2/c19-18(20)7-9-23(8-6-14(18)10-17(24)25)12-15-11-16(22-21-15)13-4-2-1-3-5-13/h1-5,11,14H,6-10,12H2,(H,21,22)(H,24,25). The fourth-order valence-corrected chi connectivity index (χ4v) is 3.23. The van der Waals surface area contributed by atoms with E-state index in [1.807, 2.05) is 41.3 Å². The van der Waals surface area contributed by atoms with Crippen molar-refractivity contribution in [2.45, 2.75) is 31.7 Å². The largest absolute Gasteiger partial charge is 0.481 e. The molecule has 0 bridgehead atoms. The normalized spacial score (nSPS) is 21.0. The lowest BCUT2D eigenvalue weighted by atomic mass is 9.93. The molecule has 1 saturated heterocycles. The van der Waals surface area contributed by atoms with Gasteiger partial charge in [-0.15, -0.1) is 0 Å². The van der Waals surface area contributed by atoms with E-state index < -0.39 is 24.2 Å². The summed E-state index contributed by atoms with van der Waals surface area (Å²) in [6, 6.07) is 11.6. The van der Waals surface area contributed by atoms with E-state index in [4.69, 9.17) is 5.11 Å². The third kappa shape index (κ3) is 4.42. The first kappa shape index (κ1) is 17.5. The van der Waals surface area contributed by atoms with Gasteiger partial charge in [0.1, 0.15) is 0 Å². The van der Waals surface area contributed by atoms with Gasteiger partial charge in [0.15, 0.2) is 0 Å². The van der Waals surface area contributed by atoms with E-state index in [9.17, 15) is 13.6 Å². The first-order valence-electron chi connectivity index (χ1n) is 8.36. The van der Waals surface area contributed by atoms with Gasteiger partial charge in [-0.3, -0.25) is 14.8 Å². The minimum Gasteiger partial charge on any atom is -0.481 e. The third-order valence-electron chi connectivity index (χ3n) is 4.67. The number of carboxylic acid groups (broad SMARTS) is 1. The summed E-state index contributed by atoms with van der Waals surface area (Å²) in [5, 5.41) is 16.1. The summed E-state index contributed by atoms with van der Waals surface area (Å²) in [6.45, 7) is 1.19. The molecular weight excluding hydrogens is 328 g/mol. The number of rotatable bonds is 5. The molecule has 0 amide bonds. The Balaban J connectivity index is 1.64. The minimum atomic E-state index is -2.93. The van der Waals surface area contributed by atoms with Crippen LogP contribution in [0.3, 0.4) is 0 Å². The second-order valence-corrected chi connectivity index (χ2v) is 6.52. The molecule has 1 fully saturated rings. The molecule has 1 aliphatic rings. The zero-order valence-corrected chi connectivity index (χ0v) is 13.8. The zero-order valence-electron chi connectivity index (χ0n) is 13.8. The van der Waals surface area contributed by atoms with Crippen molar-refractivity contribution in [1.29, 1.82) is 0 Å². The highest BCUT2D eigenvalue weighted by atomic mass is 19.3. The third-order valence-corrected chi connectivity index (χ3v) is 4.67. The minimum absolute atomic E-state index is 0.180. The van der Waals surface area contributed by atoms with Gasteiger partial charge in [-0.25, -0.2) is 8.78 Å². The Morgan fingerprint density at radius 3 is 2.80 bits per heavy atom. The number of hydrogen-bond acceptors (Lipinski definition) is 3. The molecule has 1 aliphatic heterocycles. The average Bonchev–Trinajstić information content (AvgIpc) is 2.99. The average molecular weight is 349 g/mol. The van der Waals surface area contributed by atoms with Gasteiger partial charge in [0, 0.05) is 36.7 Å². The Labute approximate surface area is 144 Å². The lowest BCUT2D eigenvalue weighted by molar-refractivity contribution is -0.143. The zero-order chi connectivity index (χ0) is 17.9. The second-order valence-electron chi connectivity index (χ2n) is 6.52. The highest BCUT2D eigenvalue weighted by Gasteiger charge is 2.42. The molecule has 1 aromatic carbocycles. The first-order valence-corrected chi connectivity index (χ1v) is 8.36. The van der Waals surface area contributed by atoms with Crippen LogP contribution in [0.4, 0.5) is 8.78 Å². The van der Waals surface area contributed by atoms with Crippen LogP contribution in [0.1, 0.15) is 25.0 Å². The van der Waals surface area contributed by atoms with E-state index in [0.717, 1.165) is 17.0 Å². The maximum absolute atomic E-state index is 14.1. The molecule has 134 valence electrons. The van der Waals surface area contributed by atoms with Gasteiger partial charge in [0.05, 0.1) is 12.1 Å². The molecule has 3 rings (SSSR count). The van der Waals surface area contributed by atoms with Crippen LogP contribution in [-0.2, 0) is 11.3 Å². The molecule has 1 atom stereocenters. The van der Waals surface area contributed by atoms with Crippen molar-refractivity contribution >= 4 is 5.97 Å². The number of carboxylic acids is 1. The van der Waals surface area contributed by atoms with Crippen molar-refractivity contribution in [2.75, 3.05) is 13.1 Å². The van der Waals surface area contributed by atoms with Gasteiger partial charge < -0.3 is 5.11 Å². The van der Waals surface area contributed by atoms with Gasteiger partial charge >= 0.3 is 5.97 Å². The first-order chi connectivity index (χ1) is 11.9. The van der Waals surface area contributed by atoms with Crippen molar-refractivity contribution in [2.24, 2.45) is 5.92 Å². The summed E-state index contributed by atoms with van der Waals surface area (Å²) < 4.78 is 28.2. The molecule has 0 saturated carbocycles. The molecule has 2 N–H and O–H groups in total. The van der Waals surface area contributed by atoms with Gasteiger partial charge in [-0.1, -0.05) is 30.3 Å². The monoisotopic (exact) mass is 349 g/mol. The summed E-state index contributed by atoms with van der Waals surface area (Å²) >= 11 is 0. The maximum Gasteiger partial charge on any atom is 0.303 e. The number of H-pyrrole nitrogens is 1. The Morgan fingerprint density at radius 1 is 1.32 bits per heavy atom. The number of nitrogens with zero attached hydrogens (tertiary/aromatic N) is 2. The fraction of sp³-hybridized carbons (Fsp3) is 0.444. The highest BCUT2D eigenvalue weighted by Crippen LogP contribution is 2.36. The Kier molecular flexibility index (Phi) is 5.13. The van der Waals surface area contributed by atoms with E-state index >= 15 is 0 Å². The van der Waals surface area contributed by atoms with Crippen LogP contribution in [0.25, 0.3) is 11.3 Å². The van der Waals surface area contributed by atoms with Crippen LogP contribution < -0.4 is 0 Å². The van der Waals surface area contributed by atoms with E-state index in [1.54, 1.807) is 0 Å². The summed E-state index contributed by atoms with van der Waals surface area (Å²) in [5.74, 6) is -5.20. The predicted octanol–water partition coefficient (Wildman–Crippen LogP) is 3.40. The number of nitrogens with one attached hydrogen (secondary N) is 1. The van der Waals surface area contributed by atoms with E-state index in [0.29, 0.717) is 13.1 Å². The Morgan fingerprint density at radius 2 is 2.08 bits per heavy atom. The summed E-state index contributed by atoms with van der Waals surface area (Å²) in [5.41, 5.74) is 2.67. The van der Waals surface area contributed by atoms with Crippen LogP contribution >= 0.6 is 0 Å². The summed E-state index contributed by atoms with van der Waals surface area (Å²) in [4.78, 5) is 12.7. The van der Waals surface area contributed by atoms with Crippen molar-refractivity contribution < 1.29 is 18.7 Å². The second kappa shape index (κ2) is 7.31. The lowest BCUT2D eigenvalue weighted by Crippen LogP contribution is -2.30. The number of aromatic nitrogens is 2. The molecule has 0 aliphatic carbocycles. The SMILES string of the molecule is O=C(O)CC1CCN(Cc2cc(-c3ccccc3)n[nH]2)CCC1(F)F. The number of aromatic amines is 1. The summed E-state index contributed by atoms with van der Waals surface area (Å²) in [7, 11) is 0. The van der Waals surface area contributed by atoms with Gasteiger partial charge in [0.2, 0.25) is 0 Å². The maximum atomic E-state index is 14.1. The number of aliphatic carboxylic acids is 1. The molecule has 1 unspecified atom stereocenters. The molecule has 5 nitrogen and oxygen atoms in total. The molecule has 1 aromatic heterocycles. The van der Waals surface area contributed by atoms with E-state index in [-0.39, 0.29) is 19.4 Å². The highest BCUT2D eigenvalue weighted by molar-refractivity contribution is 5.67.